The Labute approximate surface area is 172 Å². The summed E-state index contributed by atoms with van der Waals surface area (Å²) in [5.74, 6) is 3.11. The standard InChI is InChI=1S/C20H32N8O/c1-20(2,3)16-14-25-17(29-16)15-26-18(21-4)22-8-9-27-10-12-28(13-11-27)19-23-6-5-7-24-19/h5-7,14H,8-13,15H2,1-4H3,(H2,21,22,26). The van der Waals surface area contributed by atoms with E-state index < -0.39 is 0 Å². The highest BCUT2D eigenvalue weighted by Crippen LogP contribution is 2.22. The van der Waals surface area contributed by atoms with Gasteiger partial charge in [0.1, 0.15) is 5.76 Å². The van der Waals surface area contributed by atoms with Gasteiger partial charge in [-0.1, -0.05) is 20.8 Å². The third-order valence-electron chi connectivity index (χ3n) is 4.85. The number of aromatic nitrogens is 3. The molecule has 9 nitrogen and oxygen atoms in total. The number of guanidine groups is 1. The van der Waals surface area contributed by atoms with Crippen LogP contribution in [0.15, 0.2) is 34.1 Å². The highest BCUT2D eigenvalue weighted by Gasteiger charge is 2.20. The molecule has 1 aliphatic rings. The Morgan fingerprint density at radius 1 is 1.10 bits per heavy atom. The van der Waals surface area contributed by atoms with Crippen molar-refractivity contribution in [2.75, 3.05) is 51.2 Å². The molecule has 9 heteroatoms. The first kappa shape index (κ1) is 21.0. The Balaban J connectivity index is 1.36. The van der Waals surface area contributed by atoms with Crippen LogP contribution in [0.1, 0.15) is 32.4 Å². The van der Waals surface area contributed by atoms with Gasteiger partial charge in [0, 0.05) is 64.1 Å². The van der Waals surface area contributed by atoms with Crippen LogP contribution in [0.2, 0.25) is 0 Å². The van der Waals surface area contributed by atoms with E-state index in [0.29, 0.717) is 12.4 Å². The lowest BCUT2D eigenvalue weighted by atomic mass is 9.94. The Kier molecular flexibility index (Phi) is 7.03. The quantitative estimate of drug-likeness (QED) is 0.553. The predicted octanol–water partition coefficient (Wildman–Crippen LogP) is 1.25. The van der Waals surface area contributed by atoms with Gasteiger partial charge >= 0.3 is 0 Å². The molecular weight excluding hydrogens is 368 g/mol. The Morgan fingerprint density at radius 2 is 1.83 bits per heavy atom. The number of oxazole rings is 1. The van der Waals surface area contributed by atoms with Crippen LogP contribution >= 0.6 is 0 Å². The molecular formula is C20H32N8O. The van der Waals surface area contributed by atoms with Gasteiger partial charge in [-0.05, 0) is 6.07 Å². The number of nitrogens with one attached hydrogen (secondary N) is 2. The van der Waals surface area contributed by atoms with Crippen molar-refractivity contribution in [1.82, 2.24) is 30.5 Å². The fourth-order valence-electron chi connectivity index (χ4n) is 3.08. The van der Waals surface area contributed by atoms with Crippen molar-refractivity contribution in [3.63, 3.8) is 0 Å². The highest BCUT2D eigenvalue weighted by molar-refractivity contribution is 5.79. The molecule has 0 amide bonds. The molecule has 1 aliphatic heterocycles. The summed E-state index contributed by atoms with van der Waals surface area (Å²) in [5.41, 5.74) is -0.0398. The SMILES string of the molecule is CN=C(NCCN1CCN(c2ncccn2)CC1)NCc1ncc(C(C)(C)C)o1. The summed E-state index contributed by atoms with van der Waals surface area (Å²) in [5, 5.41) is 6.61. The monoisotopic (exact) mass is 400 g/mol. The van der Waals surface area contributed by atoms with Crippen LogP contribution in [0.4, 0.5) is 5.95 Å². The van der Waals surface area contributed by atoms with Crippen LogP contribution in [0, 0.1) is 0 Å². The lowest BCUT2D eigenvalue weighted by molar-refractivity contribution is 0.260. The van der Waals surface area contributed by atoms with Crippen molar-refractivity contribution in [3.8, 4) is 0 Å². The zero-order valence-electron chi connectivity index (χ0n) is 17.9. The van der Waals surface area contributed by atoms with Crippen LogP contribution in [0.25, 0.3) is 0 Å². The second kappa shape index (κ2) is 9.69. The molecule has 0 spiro atoms. The molecule has 0 aromatic carbocycles. The summed E-state index contributed by atoms with van der Waals surface area (Å²) in [6, 6.07) is 1.85. The average molecular weight is 401 g/mol. The topological polar surface area (TPSA) is 94.7 Å². The Bertz CT molecular complexity index is 775. The van der Waals surface area contributed by atoms with Gasteiger partial charge in [-0.3, -0.25) is 9.89 Å². The van der Waals surface area contributed by atoms with Crippen molar-refractivity contribution in [3.05, 3.63) is 36.3 Å². The zero-order valence-corrected chi connectivity index (χ0v) is 17.9. The lowest BCUT2D eigenvalue weighted by Crippen LogP contribution is -2.49. The third kappa shape index (κ3) is 6.15. The molecule has 2 aromatic rings. The van der Waals surface area contributed by atoms with Crippen LogP contribution < -0.4 is 15.5 Å². The molecule has 3 rings (SSSR count). The summed E-state index contributed by atoms with van der Waals surface area (Å²) in [6.45, 7) is 12.5. The smallest absolute Gasteiger partial charge is 0.225 e. The van der Waals surface area contributed by atoms with Crippen LogP contribution in [-0.2, 0) is 12.0 Å². The Hall–Kier alpha value is -2.68. The predicted molar refractivity (Wildman–Crippen MR) is 114 cm³/mol. The van der Waals surface area contributed by atoms with Gasteiger partial charge in [-0.2, -0.15) is 0 Å². The number of hydrogen-bond acceptors (Lipinski definition) is 7. The van der Waals surface area contributed by atoms with E-state index in [1.54, 1.807) is 25.6 Å². The maximum atomic E-state index is 5.81. The summed E-state index contributed by atoms with van der Waals surface area (Å²) in [4.78, 5) is 21.9. The zero-order chi connectivity index (χ0) is 20.7. The van der Waals surface area contributed by atoms with Crippen molar-refractivity contribution in [2.24, 2.45) is 4.99 Å². The molecule has 0 aliphatic carbocycles. The fourth-order valence-corrected chi connectivity index (χ4v) is 3.08. The minimum absolute atomic E-state index is 0.0398. The summed E-state index contributed by atoms with van der Waals surface area (Å²) in [6.07, 6.45) is 5.38. The van der Waals surface area contributed by atoms with Crippen molar-refractivity contribution < 1.29 is 4.42 Å². The fraction of sp³-hybridized carbons (Fsp3) is 0.600. The molecule has 1 fully saturated rings. The van der Waals surface area contributed by atoms with Gasteiger partial charge in [0.05, 0.1) is 12.7 Å². The normalized spacial score (nSPS) is 16.1. The van der Waals surface area contributed by atoms with E-state index in [2.05, 4.69) is 61.1 Å². The van der Waals surface area contributed by atoms with E-state index >= 15 is 0 Å². The highest BCUT2D eigenvalue weighted by atomic mass is 16.4. The largest absolute Gasteiger partial charge is 0.443 e. The molecule has 0 radical (unpaired) electrons. The summed E-state index contributed by atoms with van der Waals surface area (Å²) < 4.78 is 5.81. The maximum Gasteiger partial charge on any atom is 0.225 e. The van der Waals surface area contributed by atoms with Crippen LogP contribution in [0.5, 0.6) is 0 Å². The maximum absolute atomic E-state index is 5.81. The summed E-state index contributed by atoms with van der Waals surface area (Å²) >= 11 is 0. The van der Waals surface area contributed by atoms with Crippen molar-refractivity contribution in [2.45, 2.75) is 32.7 Å². The number of aliphatic imine (C=N–C) groups is 1. The number of anilines is 1. The molecule has 0 saturated carbocycles. The first-order valence-corrected chi connectivity index (χ1v) is 10.1. The molecule has 1 saturated heterocycles. The van der Waals surface area contributed by atoms with Gasteiger partial charge in [0.15, 0.2) is 5.96 Å². The van der Waals surface area contributed by atoms with Crippen molar-refractivity contribution >= 4 is 11.9 Å². The molecule has 158 valence electrons. The van der Waals surface area contributed by atoms with Gasteiger partial charge in [-0.15, -0.1) is 0 Å². The second-order valence-electron chi connectivity index (χ2n) is 8.10. The molecule has 0 atom stereocenters. The molecule has 2 N–H and O–H groups in total. The van der Waals surface area contributed by atoms with Gasteiger partial charge in [0.25, 0.3) is 0 Å². The molecule has 29 heavy (non-hydrogen) atoms. The number of piperazine rings is 1. The minimum Gasteiger partial charge on any atom is -0.443 e. The van der Waals surface area contributed by atoms with E-state index in [1.165, 1.54) is 0 Å². The first-order valence-electron chi connectivity index (χ1n) is 10.1. The van der Waals surface area contributed by atoms with Crippen LogP contribution in [-0.4, -0.2) is 72.1 Å². The van der Waals surface area contributed by atoms with Crippen molar-refractivity contribution in [1.29, 1.82) is 0 Å². The Morgan fingerprint density at radius 3 is 2.45 bits per heavy atom. The number of rotatable bonds is 6. The first-order chi connectivity index (χ1) is 14.0. The second-order valence-corrected chi connectivity index (χ2v) is 8.10. The van der Waals surface area contributed by atoms with Gasteiger partial charge in [-0.25, -0.2) is 15.0 Å². The van der Waals surface area contributed by atoms with Crippen LogP contribution in [0.3, 0.4) is 0 Å². The van der Waals surface area contributed by atoms with E-state index in [9.17, 15) is 0 Å². The van der Waals surface area contributed by atoms with E-state index in [-0.39, 0.29) is 5.41 Å². The van der Waals surface area contributed by atoms with E-state index in [1.807, 2.05) is 6.07 Å². The molecule has 3 heterocycles. The van der Waals surface area contributed by atoms with Gasteiger partial charge < -0.3 is 20.0 Å². The average Bonchev–Trinajstić information content (AvgIpc) is 3.21. The molecule has 2 aromatic heterocycles. The molecule has 0 bridgehead atoms. The summed E-state index contributed by atoms with van der Waals surface area (Å²) in [7, 11) is 1.77. The number of hydrogen-bond donors (Lipinski definition) is 2. The molecule has 0 unspecified atom stereocenters. The van der Waals surface area contributed by atoms with Gasteiger partial charge in [0.2, 0.25) is 11.8 Å². The van der Waals surface area contributed by atoms with E-state index in [0.717, 1.165) is 56.9 Å². The minimum atomic E-state index is -0.0398. The number of nitrogens with zero attached hydrogens (tertiary/aromatic N) is 6. The lowest BCUT2D eigenvalue weighted by Gasteiger charge is -2.34. The van der Waals surface area contributed by atoms with E-state index in [4.69, 9.17) is 4.42 Å². The third-order valence-corrected chi connectivity index (χ3v) is 4.85.